The zero-order valence-corrected chi connectivity index (χ0v) is 10.8. The molecule has 1 fully saturated rings. The number of hydrogen-bond acceptors (Lipinski definition) is 2. The van der Waals surface area contributed by atoms with E-state index in [1.807, 2.05) is 11.9 Å². The number of carbonyl (C=O) groups excluding carboxylic acids is 1. The maximum atomic E-state index is 12.4. The average molecular weight is 256 g/mol. The molecule has 0 aromatic carbocycles. The fourth-order valence-corrected chi connectivity index (χ4v) is 2.65. The monoisotopic (exact) mass is 255 g/mol. The lowest BCUT2D eigenvalue weighted by atomic mass is 10.0. The first-order valence-corrected chi connectivity index (χ1v) is 6.34. The number of carbonyl (C=O) groups is 1. The smallest absolute Gasteiger partial charge is 0.270 e. The molecule has 4 nitrogen and oxygen atoms in total. The van der Waals surface area contributed by atoms with Gasteiger partial charge >= 0.3 is 0 Å². The van der Waals surface area contributed by atoms with Gasteiger partial charge in [0.25, 0.3) is 5.91 Å². The fourth-order valence-electron chi connectivity index (χ4n) is 2.40. The predicted octanol–water partition coefficient (Wildman–Crippen LogP) is 1.63. The van der Waals surface area contributed by atoms with Gasteiger partial charge in [0.05, 0.1) is 5.02 Å². The summed E-state index contributed by atoms with van der Waals surface area (Å²) in [6.07, 6.45) is 4.95. The molecule has 2 heterocycles. The second kappa shape index (κ2) is 5.10. The first kappa shape index (κ1) is 12.5. The lowest BCUT2D eigenvalue weighted by Crippen LogP contribution is -2.47. The van der Waals surface area contributed by atoms with E-state index in [4.69, 9.17) is 17.3 Å². The van der Waals surface area contributed by atoms with Crippen LogP contribution in [0.3, 0.4) is 0 Å². The molecule has 1 aliphatic heterocycles. The van der Waals surface area contributed by atoms with Gasteiger partial charge in [0.1, 0.15) is 5.69 Å². The number of aromatic nitrogens is 1. The van der Waals surface area contributed by atoms with E-state index in [0.717, 1.165) is 25.8 Å². The number of nitrogens with zero attached hydrogens (tertiary/aromatic N) is 2. The van der Waals surface area contributed by atoms with Crippen LogP contribution in [0.4, 0.5) is 0 Å². The van der Waals surface area contributed by atoms with Crippen LogP contribution >= 0.6 is 11.6 Å². The minimum absolute atomic E-state index is 0.0366. The second-order valence-electron chi connectivity index (χ2n) is 4.54. The fraction of sp³-hybridized carbons (Fsp3) is 0.583. The van der Waals surface area contributed by atoms with E-state index >= 15 is 0 Å². The minimum Gasteiger partial charge on any atom is -0.345 e. The number of rotatable bonds is 2. The largest absolute Gasteiger partial charge is 0.345 e. The van der Waals surface area contributed by atoms with E-state index in [0.29, 0.717) is 17.3 Å². The standard InChI is InChI=1S/C12H18ClN3O/c1-15-8-9(13)6-11(15)12(17)16-5-3-2-4-10(16)7-14/h6,8,10H,2-5,7,14H2,1H3. The number of aryl methyl sites for hydroxylation is 1. The maximum Gasteiger partial charge on any atom is 0.270 e. The van der Waals surface area contributed by atoms with Gasteiger partial charge in [0, 0.05) is 32.4 Å². The van der Waals surface area contributed by atoms with Crippen LogP contribution < -0.4 is 5.73 Å². The van der Waals surface area contributed by atoms with Gasteiger partial charge in [-0.25, -0.2) is 0 Å². The quantitative estimate of drug-likeness (QED) is 0.873. The number of halogens is 1. The highest BCUT2D eigenvalue weighted by Crippen LogP contribution is 2.21. The summed E-state index contributed by atoms with van der Waals surface area (Å²) in [5.41, 5.74) is 6.36. The van der Waals surface area contributed by atoms with Gasteiger partial charge in [-0.15, -0.1) is 0 Å². The van der Waals surface area contributed by atoms with Gasteiger partial charge < -0.3 is 15.2 Å². The van der Waals surface area contributed by atoms with Crippen molar-refractivity contribution in [3.8, 4) is 0 Å². The first-order chi connectivity index (χ1) is 8.13. The lowest BCUT2D eigenvalue weighted by Gasteiger charge is -2.35. The van der Waals surface area contributed by atoms with Crippen LogP contribution in [0.15, 0.2) is 12.3 Å². The minimum atomic E-state index is 0.0366. The molecule has 2 rings (SSSR count). The van der Waals surface area contributed by atoms with Crippen LogP contribution in [-0.2, 0) is 7.05 Å². The number of nitrogens with two attached hydrogens (primary N) is 1. The Balaban J connectivity index is 2.21. The van der Waals surface area contributed by atoms with Gasteiger partial charge in [-0.2, -0.15) is 0 Å². The molecule has 0 spiro atoms. The third kappa shape index (κ3) is 2.48. The summed E-state index contributed by atoms with van der Waals surface area (Å²) < 4.78 is 1.77. The molecule has 1 unspecified atom stereocenters. The molecule has 1 atom stereocenters. The van der Waals surface area contributed by atoms with Crippen LogP contribution in [0.1, 0.15) is 29.8 Å². The summed E-state index contributed by atoms with van der Waals surface area (Å²) in [5.74, 6) is 0.0366. The summed E-state index contributed by atoms with van der Waals surface area (Å²) in [4.78, 5) is 14.3. The predicted molar refractivity (Wildman–Crippen MR) is 68.2 cm³/mol. The normalized spacial score (nSPS) is 20.6. The van der Waals surface area contributed by atoms with Crippen molar-refractivity contribution in [3.63, 3.8) is 0 Å². The van der Waals surface area contributed by atoms with Crippen molar-refractivity contribution in [2.24, 2.45) is 12.8 Å². The van der Waals surface area contributed by atoms with Crippen molar-refractivity contribution >= 4 is 17.5 Å². The molecule has 1 amide bonds. The van der Waals surface area contributed by atoms with Crippen LogP contribution in [0, 0.1) is 0 Å². The molecular formula is C12H18ClN3O. The molecule has 0 radical (unpaired) electrons. The molecule has 0 saturated carbocycles. The van der Waals surface area contributed by atoms with Crippen molar-refractivity contribution in [3.05, 3.63) is 23.0 Å². The molecule has 17 heavy (non-hydrogen) atoms. The van der Waals surface area contributed by atoms with Crippen LogP contribution in [0.2, 0.25) is 5.02 Å². The Hall–Kier alpha value is -1.00. The first-order valence-electron chi connectivity index (χ1n) is 5.96. The average Bonchev–Trinajstić information content (AvgIpc) is 2.67. The summed E-state index contributed by atoms with van der Waals surface area (Å²) in [5, 5.41) is 0.595. The van der Waals surface area contributed by atoms with Gasteiger partial charge in [0.15, 0.2) is 0 Å². The SMILES string of the molecule is Cn1cc(Cl)cc1C(=O)N1CCCCC1CN. The Morgan fingerprint density at radius 1 is 1.59 bits per heavy atom. The number of amides is 1. The maximum absolute atomic E-state index is 12.4. The molecule has 1 saturated heterocycles. The molecule has 5 heteroatoms. The zero-order valence-electron chi connectivity index (χ0n) is 10.0. The van der Waals surface area contributed by atoms with Crippen molar-refractivity contribution in [1.29, 1.82) is 0 Å². The molecule has 2 N–H and O–H groups in total. The van der Waals surface area contributed by atoms with E-state index < -0.39 is 0 Å². The summed E-state index contributed by atoms with van der Waals surface area (Å²) in [6, 6.07) is 1.89. The molecule has 0 aliphatic carbocycles. The molecule has 1 aliphatic rings. The Kier molecular flexibility index (Phi) is 3.74. The van der Waals surface area contributed by atoms with Gasteiger partial charge in [-0.3, -0.25) is 4.79 Å². The van der Waals surface area contributed by atoms with Gasteiger partial charge in [0.2, 0.25) is 0 Å². The Morgan fingerprint density at radius 2 is 2.35 bits per heavy atom. The van der Waals surface area contributed by atoms with E-state index in [-0.39, 0.29) is 11.9 Å². The van der Waals surface area contributed by atoms with Gasteiger partial charge in [-0.1, -0.05) is 11.6 Å². The number of piperidine rings is 1. The summed E-state index contributed by atoms with van der Waals surface area (Å²) in [7, 11) is 1.83. The highest BCUT2D eigenvalue weighted by Gasteiger charge is 2.27. The molecule has 0 bridgehead atoms. The van der Waals surface area contributed by atoms with Crippen molar-refractivity contribution in [2.45, 2.75) is 25.3 Å². The van der Waals surface area contributed by atoms with Crippen LogP contribution in [0.5, 0.6) is 0 Å². The van der Waals surface area contributed by atoms with Gasteiger partial charge in [-0.05, 0) is 25.3 Å². The summed E-state index contributed by atoms with van der Waals surface area (Å²) >= 11 is 5.90. The molecular weight excluding hydrogens is 238 g/mol. The number of likely N-dealkylation sites (tertiary alicyclic amines) is 1. The third-order valence-electron chi connectivity index (χ3n) is 3.35. The highest BCUT2D eigenvalue weighted by molar-refractivity contribution is 6.31. The van der Waals surface area contributed by atoms with E-state index in [1.54, 1.807) is 16.8 Å². The van der Waals surface area contributed by atoms with Crippen molar-refractivity contribution < 1.29 is 4.79 Å². The lowest BCUT2D eigenvalue weighted by molar-refractivity contribution is 0.0613. The molecule has 94 valence electrons. The topological polar surface area (TPSA) is 51.3 Å². The molecule has 1 aromatic heterocycles. The Morgan fingerprint density at radius 3 is 2.94 bits per heavy atom. The third-order valence-corrected chi connectivity index (χ3v) is 3.56. The second-order valence-corrected chi connectivity index (χ2v) is 4.97. The highest BCUT2D eigenvalue weighted by atomic mass is 35.5. The van der Waals surface area contributed by atoms with Crippen LogP contribution in [-0.4, -0.2) is 34.5 Å². The molecule has 1 aromatic rings. The van der Waals surface area contributed by atoms with Crippen molar-refractivity contribution in [2.75, 3.05) is 13.1 Å². The summed E-state index contributed by atoms with van der Waals surface area (Å²) in [6.45, 7) is 1.33. The Labute approximate surface area is 106 Å². The zero-order chi connectivity index (χ0) is 12.4. The van der Waals surface area contributed by atoms with E-state index in [1.165, 1.54) is 0 Å². The van der Waals surface area contributed by atoms with Crippen molar-refractivity contribution in [1.82, 2.24) is 9.47 Å². The Bertz CT molecular complexity index is 416. The van der Waals surface area contributed by atoms with E-state index in [2.05, 4.69) is 0 Å². The van der Waals surface area contributed by atoms with Crippen LogP contribution in [0.25, 0.3) is 0 Å². The number of hydrogen-bond donors (Lipinski definition) is 1. The van der Waals surface area contributed by atoms with E-state index in [9.17, 15) is 4.79 Å².